The van der Waals surface area contributed by atoms with Crippen molar-refractivity contribution in [3.8, 4) is 0 Å². The largest absolute Gasteiger partial charge is 0.382 e. The zero-order valence-electron chi connectivity index (χ0n) is 12.5. The van der Waals surface area contributed by atoms with Gasteiger partial charge >= 0.3 is 0 Å². The number of rotatable bonds is 9. The summed E-state index contributed by atoms with van der Waals surface area (Å²) in [6, 6.07) is 0.421. The van der Waals surface area contributed by atoms with Gasteiger partial charge in [-0.2, -0.15) is 0 Å². The Hall–Kier alpha value is -0.160. The van der Waals surface area contributed by atoms with Gasteiger partial charge in [-0.15, -0.1) is 0 Å². The van der Waals surface area contributed by atoms with Crippen LogP contribution in [0.15, 0.2) is 0 Å². The molecule has 1 saturated carbocycles. The molecule has 0 aromatic rings. The van der Waals surface area contributed by atoms with Crippen molar-refractivity contribution < 1.29 is 14.2 Å². The van der Waals surface area contributed by atoms with Crippen LogP contribution in [0.5, 0.6) is 0 Å². The molecule has 4 heteroatoms. The van der Waals surface area contributed by atoms with Crippen molar-refractivity contribution in [2.75, 3.05) is 26.9 Å². The minimum absolute atomic E-state index is 0.0648. The van der Waals surface area contributed by atoms with Crippen LogP contribution < -0.4 is 5.32 Å². The first kappa shape index (κ1) is 15.9. The van der Waals surface area contributed by atoms with Gasteiger partial charge in [-0.3, -0.25) is 0 Å². The third-order valence-electron chi connectivity index (χ3n) is 3.64. The van der Waals surface area contributed by atoms with Crippen LogP contribution in [-0.4, -0.2) is 50.7 Å². The summed E-state index contributed by atoms with van der Waals surface area (Å²) in [5, 5.41) is 3.45. The molecule has 0 saturated heterocycles. The van der Waals surface area contributed by atoms with Gasteiger partial charge in [-0.05, 0) is 33.2 Å². The van der Waals surface area contributed by atoms with Crippen LogP contribution in [0.3, 0.4) is 0 Å². The lowest BCUT2D eigenvalue weighted by Crippen LogP contribution is -2.61. The third kappa shape index (κ3) is 4.50. The Morgan fingerprint density at radius 2 is 1.94 bits per heavy atom. The molecule has 0 aliphatic heterocycles. The van der Waals surface area contributed by atoms with Gasteiger partial charge in [0.1, 0.15) is 0 Å². The van der Waals surface area contributed by atoms with Crippen molar-refractivity contribution in [3.63, 3.8) is 0 Å². The lowest BCUT2D eigenvalue weighted by atomic mass is 9.84. The predicted octanol–water partition coefficient (Wildman–Crippen LogP) is 1.97. The second-order valence-electron chi connectivity index (χ2n) is 5.50. The molecule has 18 heavy (non-hydrogen) atoms. The lowest BCUT2D eigenvalue weighted by Gasteiger charge is -2.47. The summed E-state index contributed by atoms with van der Waals surface area (Å²) in [5.74, 6) is 0. The first-order chi connectivity index (χ1) is 8.54. The summed E-state index contributed by atoms with van der Waals surface area (Å²) in [5.41, 5.74) is -0.0648. The highest BCUT2D eigenvalue weighted by atomic mass is 16.6. The summed E-state index contributed by atoms with van der Waals surface area (Å²) >= 11 is 0. The van der Waals surface area contributed by atoms with E-state index in [4.69, 9.17) is 14.2 Å². The Bertz CT molecular complexity index is 233. The van der Waals surface area contributed by atoms with Crippen molar-refractivity contribution in [2.45, 2.75) is 64.4 Å². The van der Waals surface area contributed by atoms with E-state index in [0.29, 0.717) is 19.3 Å². The van der Waals surface area contributed by atoms with Gasteiger partial charge in [0.2, 0.25) is 0 Å². The molecule has 1 fully saturated rings. The number of methoxy groups -OCH3 is 1. The van der Waals surface area contributed by atoms with Crippen LogP contribution in [0.1, 0.15) is 40.5 Å². The molecule has 0 amide bonds. The van der Waals surface area contributed by atoms with Gasteiger partial charge in [0.15, 0.2) is 0 Å². The quantitative estimate of drug-likeness (QED) is 0.643. The Morgan fingerprint density at radius 3 is 2.50 bits per heavy atom. The second-order valence-corrected chi connectivity index (χ2v) is 5.50. The first-order valence-corrected chi connectivity index (χ1v) is 7.05. The molecule has 0 spiro atoms. The molecule has 1 N–H and O–H groups in total. The maximum absolute atomic E-state index is 6.14. The number of likely N-dealkylation sites (N-methyl/N-ethyl adjacent to an activating group) is 1. The highest BCUT2D eigenvalue weighted by molar-refractivity contribution is 4.98. The minimum Gasteiger partial charge on any atom is -0.382 e. The van der Waals surface area contributed by atoms with Crippen molar-refractivity contribution in [1.29, 1.82) is 0 Å². The molecule has 3 atom stereocenters. The molecule has 1 aliphatic carbocycles. The number of hydrogen-bond acceptors (Lipinski definition) is 4. The van der Waals surface area contributed by atoms with Crippen LogP contribution in [0, 0.1) is 0 Å². The van der Waals surface area contributed by atoms with Gasteiger partial charge in [-0.1, -0.05) is 13.8 Å². The second kappa shape index (κ2) is 7.43. The van der Waals surface area contributed by atoms with Crippen LogP contribution in [0.2, 0.25) is 0 Å². The Morgan fingerprint density at radius 1 is 1.22 bits per heavy atom. The fourth-order valence-corrected chi connectivity index (χ4v) is 2.14. The molecule has 0 radical (unpaired) electrons. The number of hydrogen-bond donors (Lipinski definition) is 1. The number of ether oxygens (including phenoxy) is 3. The van der Waals surface area contributed by atoms with Crippen LogP contribution in [0.4, 0.5) is 0 Å². The van der Waals surface area contributed by atoms with E-state index < -0.39 is 0 Å². The standard InChI is InChI=1S/C14H29NO3/c1-6-14(3,4)18-12-10-11(15-7-2)13(12)17-9-8-16-5/h11-13,15H,6-10H2,1-5H3. The molecule has 1 rings (SSSR count). The maximum Gasteiger partial charge on any atom is 0.0992 e. The van der Waals surface area contributed by atoms with E-state index in [9.17, 15) is 0 Å². The number of nitrogens with one attached hydrogen (secondary N) is 1. The van der Waals surface area contributed by atoms with Gasteiger partial charge in [0, 0.05) is 13.2 Å². The molecule has 108 valence electrons. The zero-order valence-corrected chi connectivity index (χ0v) is 12.5. The molecule has 1 aliphatic rings. The molecule has 0 bridgehead atoms. The van der Waals surface area contributed by atoms with E-state index in [1.807, 2.05) is 0 Å². The van der Waals surface area contributed by atoms with Crippen molar-refractivity contribution in [3.05, 3.63) is 0 Å². The lowest BCUT2D eigenvalue weighted by molar-refractivity contribution is -0.195. The molecule has 3 unspecified atom stereocenters. The Balaban J connectivity index is 2.42. The summed E-state index contributed by atoms with van der Waals surface area (Å²) in [7, 11) is 1.69. The minimum atomic E-state index is -0.0648. The van der Waals surface area contributed by atoms with Crippen LogP contribution >= 0.6 is 0 Å². The molecule has 0 aromatic carbocycles. The smallest absolute Gasteiger partial charge is 0.0992 e. The SMILES string of the molecule is CCNC1CC(OC(C)(C)CC)C1OCCOC. The van der Waals surface area contributed by atoms with Crippen LogP contribution in [0.25, 0.3) is 0 Å². The van der Waals surface area contributed by atoms with Gasteiger partial charge < -0.3 is 19.5 Å². The molecular weight excluding hydrogens is 230 g/mol. The van der Waals surface area contributed by atoms with Crippen molar-refractivity contribution in [2.24, 2.45) is 0 Å². The summed E-state index contributed by atoms with van der Waals surface area (Å²) in [4.78, 5) is 0. The Labute approximate surface area is 111 Å². The summed E-state index contributed by atoms with van der Waals surface area (Å²) < 4.78 is 17.0. The summed E-state index contributed by atoms with van der Waals surface area (Å²) in [6.45, 7) is 10.8. The van der Waals surface area contributed by atoms with Gasteiger partial charge in [-0.25, -0.2) is 0 Å². The van der Waals surface area contributed by atoms with E-state index in [1.165, 1.54) is 0 Å². The zero-order chi connectivity index (χ0) is 13.6. The van der Waals surface area contributed by atoms with Gasteiger partial charge in [0.25, 0.3) is 0 Å². The Kier molecular flexibility index (Phi) is 6.57. The predicted molar refractivity (Wildman–Crippen MR) is 72.9 cm³/mol. The molecule has 4 nitrogen and oxygen atoms in total. The third-order valence-corrected chi connectivity index (χ3v) is 3.64. The van der Waals surface area contributed by atoms with E-state index in [0.717, 1.165) is 19.4 Å². The summed E-state index contributed by atoms with van der Waals surface area (Å²) in [6.07, 6.45) is 2.42. The fraction of sp³-hybridized carbons (Fsp3) is 1.00. The van der Waals surface area contributed by atoms with E-state index in [1.54, 1.807) is 7.11 Å². The maximum atomic E-state index is 6.14. The molecule has 0 heterocycles. The first-order valence-electron chi connectivity index (χ1n) is 7.05. The molecular formula is C14H29NO3. The topological polar surface area (TPSA) is 39.7 Å². The van der Waals surface area contributed by atoms with Gasteiger partial charge in [0.05, 0.1) is 31.0 Å². The van der Waals surface area contributed by atoms with E-state index in [2.05, 4.69) is 33.0 Å². The highest BCUT2D eigenvalue weighted by Crippen LogP contribution is 2.31. The monoisotopic (exact) mass is 259 g/mol. The average Bonchev–Trinajstić information content (AvgIpc) is 2.33. The van der Waals surface area contributed by atoms with Crippen molar-refractivity contribution in [1.82, 2.24) is 5.32 Å². The van der Waals surface area contributed by atoms with E-state index in [-0.39, 0.29) is 17.8 Å². The average molecular weight is 259 g/mol. The normalized spacial score (nSPS) is 28.2. The van der Waals surface area contributed by atoms with E-state index >= 15 is 0 Å². The van der Waals surface area contributed by atoms with Crippen molar-refractivity contribution >= 4 is 0 Å². The fourth-order valence-electron chi connectivity index (χ4n) is 2.14. The van der Waals surface area contributed by atoms with Crippen LogP contribution in [-0.2, 0) is 14.2 Å². The highest BCUT2D eigenvalue weighted by Gasteiger charge is 2.44. The molecule has 0 aromatic heterocycles.